The lowest BCUT2D eigenvalue weighted by atomic mass is 10.1. The van der Waals surface area contributed by atoms with Gasteiger partial charge in [0.1, 0.15) is 10.5 Å². The second kappa shape index (κ2) is 6.33. The molecule has 0 bridgehead atoms. The monoisotopic (exact) mass is 342 g/mol. The molecule has 0 heterocycles. The number of fused-ring (bicyclic) bond motifs is 1. The second-order valence-electron chi connectivity index (χ2n) is 5.04. The lowest BCUT2D eigenvalue weighted by Crippen LogP contribution is -2.13. The first-order valence-corrected chi connectivity index (χ1v) is 8.53. The molecule has 0 atom stereocenters. The van der Waals surface area contributed by atoms with Crippen LogP contribution in [0.3, 0.4) is 0 Å². The van der Waals surface area contributed by atoms with Crippen molar-refractivity contribution >= 4 is 26.9 Å². The van der Waals surface area contributed by atoms with Crippen LogP contribution in [0.1, 0.15) is 10.4 Å². The number of benzene rings is 3. The summed E-state index contributed by atoms with van der Waals surface area (Å²) in [5.74, 6) is -0.733. The molecule has 0 unspecified atom stereocenters. The number of carbonyl (C=O) groups is 1. The van der Waals surface area contributed by atoms with E-state index in [0.29, 0.717) is 0 Å². The molecule has 0 aliphatic heterocycles. The molecule has 0 aliphatic carbocycles. The number of rotatable bonds is 4. The van der Waals surface area contributed by atoms with Gasteiger partial charge in [0.25, 0.3) is 0 Å². The fraction of sp³-hybridized carbons (Fsp3) is 0.0556. The van der Waals surface area contributed by atoms with Crippen LogP contribution >= 0.6 is 0 Å². The molecule has 0 spiro atoms. The van der Waals surface area contributed by atoms with Gasteiger partial charge < -0.3 is 8.92 Å². The van der Waals surface area contributed by atoms with E-state index < -0.39 is 16.1 Å². The molecule has 0 aliphatic rings. The number of esters is 1. The van der Waals surface area contributed by atoms with E-state index in [4.69, 9.17) is 8.92 Å². The molecule has 0 radical (unpaired) electrons. The number of ether oxygens (including phenoxy) is 1. The van der Waals surface area contributed by atoms with Crippen LogP contribution in [-0.4, -0.2) is 21.5 Å². The summed E-state index contributed by atoms with van der Waals surface area (Å²) < 4.78 is 34.8. The Morgan fingerprint density at radius 1 is 0.875 bits per heavy atom. The second-order valence-corrected chi connectivity index (χ2v) is 6.58. The molecule has 3 aromatic rings. The summed E-state index contributed by atoms with van der Waals surface area (Å²) in [5, 5.41) is 1.53. The molecule has 5 nitrogen and oxygen atoms in total. The van der Waals surface area contributed by atoms with E-state index in [9.17, 15) is 13.2 Å². The molecule has 0 saturated carbocycles. The zero-order chi connectivity index (χ0) is 17.2. The van der Waals surface area contributed by atoms with Crippen LogP contribution in [0.25, 0.3) is 10.8 Å². The van der Waals surface area contributed by atoms with Crippen LogP contribution < -0.4 is 4.18 Å². The van der Waals surface area contributed by atoms with Crippen molar-refractivity contribution in [1.82, 2.24) is 0 Å². The number of methoxy groups -OCH3 is 1. The Balaban J connectivity index is 2.12. The van der Waals surface area contributed by atoms with Crippen LogP contribution in [0.4, 0.5) is 0 Å². The van der Waals surface area contributed by atoms with Crippen molar-refractivity contribution in [2.24, 2.45) is 0 Å². The van der Waals surface area contributed by atoms with Gasteiger partial charge in [-0.15, -0.1) is 0 Å². The molecule has 0 N–H and O–H groups in total. The maximum Gasteiger partial charge on any atom is 0.341 e. The molecule has 6 heteroatoms. The third-order valence-corrected chi connectivity index (χ3v) is 4.73. The third kappa shape index (κ3) is 3.09. The average molecular weight is 342 g/mol. The summed E-state index contributed by atoms with van der Waals surface area (Å²) in [7, 11) is -2.82. The van der Waals surface area contributed by atoms with Gasteiger partial charge in [-0.05, 0) is 35.0 Å². The van der Waals surface area contributed by atoms with Crippen LogP contribution in [0.2, 0.25) is 0 Å². The van der Waals surface area contributed by atoms with E-state index in [1.54, 1.807) is 30.3 Å². The van der Waals surface area contributed by atoms with E-state index in [2.05, 4.69) is 0 Å². The van der Waals surface area contributed by atoms with Gasteiger partial charge in [-0.2, -0.15) is 8.42 Å². The predicted molar refractivity (Wildman–Crippen MR) is 89.5 cm³/mol. The highest BCUT2D eigenvalue weighted by Crippen LogP contribution is 2.29. The highest BCUT2D eigenvalue weighted by atomic mass is 32.2. The van der Waals surface area contributed by atoms with Gasteiger partial charge in [0.2, 0.25) is 0 Å². The standard InChI is InChI=1S/C18H14O5S/c1-22-18(19)16-11-13-7-5-6-8-14(13)12-17(16)23-24(20,21)15-9-3-2-4-10-15/h2-12H,1H3. The lowest BCUT2D eigenvalue weighted by molar-refractivity contribution is 0.0599. The van der Waals surface area contributed by atoms with E-state index >= 15 is 0 Å². The molecule has 0 fully saturated rings. The summed E-state index contributed by atoms with van der Waals surface area (Å²) >= 11 is 0. The Kier molecular flexibility index (Phi) is 4.22. The molecule has 3 aromatic carbocycles. The number of hydrogen-bond donors (Lipinski definition) is 0. The van der Waals surface area contributed by atoms with E-state index in [1.165, 1.54) is 25.3 Å². The Morgan fingerprint density at radius 2 is 1.46 bits per heavy atom. The minimum absolute atomic E-state index is 0.00831. The van der Waals surface area contributed by atoms with Crippen molar-refractivity contribution in [3.05, 3.63) is 72.3 Å². The average Bonchev–Trinajstić information content (AvgIpc) is 2.61. The maximum absolute atomic E-state index is 12.4. The molecular weight excluding hydrogens is 328 g/mol. The van der Waals surface area contributed by atoms with Crippen LogP contribution in [0.15, 0.2) is 71.6 Å². The van der Waals surface area contributed by atoms with Crippen molar-refractivity contribution in [2.75, 3.05) is 7.11 Å². The van der Waals surface area contributed by atoms with Crippen LogP contribution in [0, 0.1) is 0 Å². The largest absolute Gasteiger partial charge is 0.465 e. The number of hydrogen-bond acceptors (Lipinski definition) is 5. The molecule has 0 amide bonds. The fourth-order valence-corrected chi connectivity index (χ4v) is 3.27. The van der Waals surface area contributed by atoms with Crippen LogP contribution in [-0.2, 0) is 14.9 Å². The normalized spacial score (nSPS) is 11.2. The minimum Gasteiger partial charge on any atom is -0.465 e. The topological polar surface area (TPSA) is 69.7 Å². The lowest BCUT2D eigenvalue weighted by Gasteiger charge is -2.12. The van der Waals surface area contributed by atoms with Crippen molar-refractivity contribution in [3.63, 3.8) is 0 Å². The summed E-state index contributed by atoms with van der Waals surface area (Å²) in [5.41, 5.74) is 0.0516. The Bertz CT molecular complexity index is 994. The zero-order valence-electron chi connectivity index (χ0n) is 12.8. The molecular formula is C18H14O5S. The third-order valence-electron chi connectivity index (χ3n) is 3.48. The minimum atomic E-state index is -4.05. The van der Waals surface area contributed by atoms with Gasteiger partial charge in [-0.25, -0.2) is 4.79 Å². The van der Waals surface area contributed by atoms with Crippen LogP contribution in [0.5, 0.6) is 5.75 Å². The predicted octanol–water partition coefficient (Wildman–Crippen LogP) is 3.39. The molecule has 0 saturated heterocycles. The van der Waals surface area contributed by atoms with E-state index in [0.717, 1.165) is 10.8 Å². The summed E-state index contributed by atoms with van der Waals surface area (Å²) in [6.45, 7) is 0. The van der Waals surface area contributed by atoms with Crippen molar-refractivity contribution in [2.45, 2.75) is 4.90 Å². The first-order chi connectivity index (χ1) is 11.5. The Hall–Kier alpha value is -2.86. The zero-order valence-corrected chi connectivity index (χ0v) is 13.6. The van der Waals surface area contributed by atoms with Crippen molar-refractivity contribution in [3.8, 4) is 5.75 Å². The molecule has 0 aromatic heterocycles. The Morgan fingerprint density at radius 3 is 2.08 bits per heavy atom. The van der Waals surface area contributed by atoms with Crippen molar-refractivity contribution in [1.29, 1.82) is 0 Å². The van der Waals surface area contributed by atoms with E-state index in [1.807, 2.05) is 18.2 Å². The van der Waals surface area contributed by atoms with Gasteiger partial charge in [-0.3, -0.25) is 0 Å². The number of carbonyl (C=O) groups excluding carboxylic acids is 1. The first kappa shape index (κ1) is 16.0. The van der Waals surface area contributed by atoms with E-state index in [-0.39, 0.29) is 16.2 Å². The molecule has 3 rings (SSSR count). The quantitative estimate of drug-likeness (QED) is 0.537. The first-order valence-electron chi connectivity index (χ1n) is 7.12. The van der Waals surface area contributed by atoms with Gasteiger partial charge in [-0.1, -0.05) is 42.5 Å². The maximum atomic E-state index is 12.4. The smallest absolute Gasteiger partial charge is 0.341 e. The summed E-state index contributed by atoms with van der Waals surface area (Å²) in [6, 6.07) is 18.1. The van der Waals surface area contributed by atoms with Gasteiger partial charge >= 0.3 is 16.1 Å². The van der Waals surface area contributed by atoms with Gasteiger partial charge in [0.15, 0.2) is 5.75 Å². The van der Waals surface area contributed by atoms with Gasteiger partial charge in [0, 0.05) is 0 Å². The SMILES string of the molecule is COC(=O)c1cc2ccccc2cc1OS(=O)(=O)c1ccccc1. The molecule has 122 valence electrons. The highest BCUT2D eigenvalue weighted by Gasteiger charge is 2.22. The fourth-order valence-electron chi connectivity index (χ4n) is 2.31. The summed E-state index contributed by atoms with van der Waals surface area (Å²) in [6.07, 6.45) is 0. The van der Waals surface area contributed by atoms with Crippen molar-refractivity contribution < 1.29 is 22.1 Å². The highest BCUT2D eigenvalue weighted by molar-refractivity contribution is 7.87. The van der Waals surface area contributed by atoms with Gasteiger partial charge in [0.05, 0.1) is 7.11 Å². The summed E-state index contributed by atoms with van der Waals surface area (Å²) in [4.78, 5) is 12.0. The molecule has 24 heavy (non-hydrogen) atoms. The Labute approximate surface area is 139 Å².